The minimum atomic E-state index is -0.775. The number of hydrogen-bond acceptors (Lipinski definition) is 7. The Hall–Kier alpha value is -4.14. The van der Waals surface area contributed by atoms with Crippen LogP contribution in [0.15, 0.2) is 72.8 Å². The molecule has 2 aliphatic rings. The number of carbonyl (C=O) groups excluding carboxylic acids is 1. The molecule has 2 atom stereocenters. The standard InChI is InChI=1S/C27H39NO3.C25H35NO3.CH4/c1-6-30-26(29)15-19(2)28-18-20-7-8-22-17-25(12-9-21(22)16-20)31-24-13-10-23(11-14-24)27(3,4)5;1-17(13-24(27)28)26-16-18-5-6-20-15-23(10-7-19(20)14-18)29-22-11-8-21(9-12-22)25(2,3)4;/h7-9,12,16-17,19,23-24,28H,6,10-11,13-15,18H2,1-5H3;5-7,10,14-15,17,21-22,26H,8-9,11-13,16H2,1-4H3,(H,27,28);1H4. The van der Waals surface area contributed by atoms with E-state index in [1.165, 1.54) is 52.8 Å². The Morgan fingerprint density at radius 3 is 1.36 bits per heavy atom. The van der Waals surface area contributed by atoms with Gasteiger partial charge in [0, 0.05) is 25.2 Å². The smallest absolute Gasteiger partial charge is 0.307 e. The summed E-state index contributed by atoms with van der Waals surface area (Å²) in [6.07, 6.45) is 10.8. The van der Waals surface area contributed by atoms with E-state index in [9.17, 15) is 9.59 Å². The van der Waals surface area contributed by atoms with E-state index >= 15 is 0 Å². The molecule has 6 rings (SSSR count). The van der Waals surface area contributed by atoms with Gasteiger partial charge in [-0.25, -0.2) is 0 Å². The van der Waals surface area contributed by atoms with Crippen molar-refractivity contribution in [3.05, 3.63) is 83.9 Å². The molecule has 3 N–H and O–H groups in total. The van der Waals surface area contributed by atoms with E-state index < -0.39 is 5.97 Å². The highest BCUT2D eigenvalue weighted by Crippen LogP contribution is 2.40. The maximum atomic E-state index is 11.6. The maximum absolute atomic E-state index is 11.6. The first-order valence-electron chi connectivity index (χ1n) is 22.7. The van der Waals surface area contributed by atoms with Crippen LogP contribution in [0.5, 0.6) is 11.5 Å². The molecule has 0 heterocycles. The molecule has 2 aliphatic carbocycles. The lowest BCUT2D eigenvalue weighted by Gasteiger charge is -2.37. The molecule has 0 saturated heterocycles. The number of nitrogens with one attached hydrogen (secondary N) is 2. The van der Waals surface area contributed by atoms with E-state index in [0.29, 0.717) is 42.6 Å². The van der Waals surface area contributed by atoms with Crippen LogP contribution in [-0.2, 0) is 27.4 Å². The van der Waals surface area contributed by atoms with Gasteiger partial charge < -0.3 is 30.0 Å². The lowest BCUT2D eigenvalue weighted by molar-refractivity contribution is -0.143. The summed E-state index contributed by atoms with van der Waals surface area (Å²) in [5, 5.41) is 20.3. The molecule has 4 aromatic rings. The summed E-state index contributed by atoms with van der Waals surface area (Å²) in [5.41, 5.74) is 3.16. The number of aliphatic carboxylic acids is 1. The van der Waals surface area contributed by atoms with Crippen LogP contribution in [0.25, 0.3) is 21.5 Å². The van der Waals surface area contributed by atoms with E-state index in [4.69, 9.17) is 19.3 Å². The predicted molar refractivity (Wildman–Crippen MR) is 252 cm³/mol. The highest BCUT2D eigenvalue weighted by Gasteiger charge is 2.31. The fraction of sp³-hybridized carbons (Fsp3) is 0.585. The van der Waals surface area contributed by atoms with Crippen molar-refractivity contribution in [1.29, 1.82) is 0 Å². The monoisotopic (exact) mass is 839 g/mol. The molecule has 0 spiro atoms. The normalized spacial score (nSPS) is 20.4. The summed E-state index contributed by atoms with van der Waals surface area (Å²) in [7, 11) is 0. The minimum absolute atomic E-state index is 0. The average molecular weight is 839 g/mol. The number of rotatable bonds is 15. The van der Waals surface area contributed by atoms with Crippen LogP contribution in [0.1, 0.15) is 145 Å². The Kier molecular flexibility index (Phi) is 18.5. The molecule has 0 aromatic heterocycles. The first-order valence-corrected chi connectivity index (χ1v) is 22.7. The third kappa shape index (κ3) is 15.9. The zero-order valence-corrected chi connectivity index (χ0v) is 38.1. The van der Waals surface area contributed by atoms with Crippen molar-refractivity contribution in [1.82, 2.24) is 10.6 Å². The van der Waals surface area contributed by atoms with Crippen LogP contribution in [0, 0.1) is 22.7 Å². The van der Waals surface area contributed by atoms with Crippen molar-refractivity contribution in [2.45, 2.75) is 171 Å². The fourth-order valence-electron chi connectivity index (χ4n) is 8.85. The summed E-state index contributed by atoms with van der Waals surface area (Å²) >= 11 is 0. The number of hydrogen-bond donors (Lipinski definition) is 3. The molecule has 336 valence electrons. The number of carbonyl (C=O) groups is 2. The predicted octanol–water partition coefficient (Wildman–Crippen LogP) is 12.7. The van der Waals surface area contributed by atoms with Gasteiger partial charge in [0.15, 0.2) is 0 Å². The average Bonchev–Trinajstić information content (AvgIpc) is 3.19. The molecule has 2 fully saturated rings. The SMILES string of the molecule is C.CC(CC(=O)O)NCc1ccc2cc(OC3CCC(C(C)(C)C)CC3)ccc2c1.CCOC(=O)CC(C)NCc1ccc2cc(OC3CCC(C(C)(C)C)CC3)ccc2c1. The molecule has 0 aliphatic heterocycles. The highest BCUT2D eigenvalue weighted by atomic mass is 16.5. The van der Waals surface area contributed by atoms with E-state index in [1.807, 2.05) is 20.8 Å². The first kappa shape index (κ1) is 49.5. The fourth-order valence-corrected chi connectivity index (χ4v) is 8.85. The van der Waals surface area contributed by atoms with Gasteiger partial charge >= 0.3 is 11.9 Å². The van der Waals surface area contributed by atoms with Gasteiger partial charge in [-0.15, -0.1) is 0 Å². The van der Waals surface area contributed by atoms with Crippen molar-refractivity contribution in [3.8, 4) is 11.5 Å². The van der Waals surface area contributed by atoms with Crippen LogP contribution in [-0.4, -0.2) is 47.9 Å². The number of benzene rings is 4. The third-order valence-corrected chi connectivity index (χ3v) is 12.7. The topological polar surface area (TPSA) is 106 Å². The summed E-state index contributed by atoms with van der Waals surface area (Å²) in [5.74, 6) is 2.60. The Morgan fingerprint density at radius 1 is 0.607 bits per heavy atom. The van der Waals surface area contributed by atoms with Crippen LogP contribution in [0.4, 0.5) is 0 Å². The molecule has 0 bridgehead atoms. The number of esters is 1. The van der Waals surface area contributed by atoms with E-state index in [-0.39, 0.29) is 31.9 Å². The van der Waals surface area contributed by atoms with E-state index in [0.717, 1.165) is 61.1 Å². The van der Waals surface area contributed by atoms with Gasteiger partial charge in [0.25, 0.3) is 0 Å². The Balaban J connectivity index is 0.000000265. The van der Waals surface area contributed by atoms with Gasteiger partial charge in [0.2, 0.25) is 0 Å². The highest BCUT2D eigenvalue weighted by molar-refractivity contribution is 5.85. The molecule has 2 unspecified atom stereocenters. The number of fused-ring (bicyclic) bond motifs is 2. The van der Waals surface area contributed by atoms with Crippen molar-refractivity contribution >= 4 is 33.5 Å². The molecule has 0 radical (unpaired) electrons. The number of carboxylic acid groups (broad SMARTS) is 1. The van der Waals surface area contributed by atoms with E-state index in [2.05, 4.69) is 125 Å². The Morgan fingerprint density at radius 2 is 0.984 bits per heavy atom. The molecular formula is C53H78N2O6. The lowest BCUT2D eigenvalue weighted by atomic mass is 9.72. The molecular weight excluding hydrogens is 761 g/mol. The Labute approximate surface area is 367 Å². The summed E-state index contributed by atoms with van der Waals surface area (Å²) in [4.78, 5) is 22.4. The van der Waals surface area contributed by atoms with Gasteiger partial charge in [-0.2, -0.15) is 0 Å². The zero-order valence-electron chi connectivity index (χ0n) is 38.1. The minimum Gasteiger partial charge on any atom is -0.490 e. The van der Waals surface area contributed by atoms with E-state index in [1.54, 1.807) is 0 Å². The quantitative estimate of drug-likeness (QED) is 0.102. The van der Waals surface area contributed by atoms with Gasteiger partial charge in [-0.1, -0.05) is 85.4 Å². The summed E-state index contributed by atoms with van der Waals surface area (Å²) < 4.78 is 17.7. The molecule has 8 nitrogen and oxygen atoms in total. The van der Waals surface area contributed by atoms with Crippen LogP contribution in [0.3, 0.4) is 0 Å². The van der Waals surface area contributed by atoms with Gasteiger partial charge in [-0.05, 0) is 164 Å². The maximum Gasteiger partial charge on any atom is 0.307 e. The molecule has 61 heavy (non-hydrogen) atoms. The summed E-state index contributed by atoms with van der Waals surface area (Å²) in [6.45, 7) is 21.7. The van der Waals surface area contributed by atoms with Crippen molar-refractivity contribution < 1.29 is 28.9 Å². The van der Waals surface area contributed by atoms with Crippen LogP contribution >= 0.6 is 0 Å². The molecule has 2 saturated carbocycles. The van der Waals surface area contributed by atoms with Gasteiger partial charge in [0.1, 0.15) is 11.5 Å². The second kappa shape index (κ2) is 22.8. The van der Waals surface area contributed by atoms with Crippen molar-refractivity contribution in [2.24, 2.45) is 22.7 Å². The van der Waals surface area contributed by atoms with Crippen LogP contribution in [0.2, 0.25) is 0 Å². The Bertz CT molecular complexity index is 1980. The van der Waals surface area contributed by atoms with Crippen LogP contribution < -0.4 is 20.1 Å². The lowest BCUT2D eigenvalue weighted by Crippen LogP contribution is -2.30. The second-order valence-corrected chi connectivity index (χ2v) is 19.8. The molecule has 4 aromatic carbocycles. The van der Waals surface area contributed by atoms with Gasteiger partial charge in [-0.3, -0.25) is 9.59 Å². The first-order chi connectivity index (χ1) is 28.4. The van der Waals surface area contributed by atoms with Crippen molar-refractivity contribution in [2.75, 3.05) is 6.61 Å². The third-order valence-electron chi connectivity index (χ3n) is 12.7. The zero-order chi connectivity index (χ0) is 43.5. The molecule has 8 heteroatoms. The summed E-state index contributed by atoms with van der Waals surface area (Å²) in [6, 6.07) is 25.7. The van der Waals surface area contributed by atoms with Gasteiger partial charge in [0.05, 0.1) is 31.7 Å². The largest absolute Gasteiger partial charge is 0.490 e. The molecule has 0 amide bonds. The number of ether oxygens (including phenoxy) is 3. The number of carboxylic acids is 1. The van der Waals surface area contributed by atoms with Crippen molar-refractivity contribution in [3.63, 3.8) is 0 Å². The second-order valence-electron chi connectivity index (χ2n) is 19.8.